The Labute approximate surface area is 313 Å². The van der Waals surface area contributed by atoms with E-state index in [4.69, 9.17) is 0 Å². The number of hydrogen-bond donors (Lipinski definition) is 0. The van der Waals surface area contributed by atoms with Crippen LogP contribution in [0.4, 0.5) is 0 Å². The Hall–Kier alpha value is -6.44. The number of fused-ring (bicyclic) bond motifs is 3. The summed E-state index contributed by atoms with van der Waals surface area (Å²) in [4.78, 5) is 0. The van der Waals surface area contributed by atoms with Crippen LogP contribution in [0.15, 0.2) is 188 Å². The van der Waals surface area contributed by atoms with E-state index in [0.717, 1.165) is 0 Å². The van der Waals surface area contributed by atoms with Crippen LogP contribution in [0.25, 0.3) is 77.6 Å². The fourth-order valence-electron chi connectivity index (χ4n) is 7.68. The number of para-hydroxylation sites is 2. The molecular weight excluding hydrogens is 639 g/mol. The Morgan fingerprint density at radius 3 is 1.72 bits per heavy atom. The maximum atomic E-state index is 4.04. The molecule has 8 rings (SSSR count). The lowest BCUT2D eigenvalue weighted by molar-refractivity contribution is 1.18. The van der Waals surface area contributed by atoms with Gasteiger partial charge in [0, 0.05) is 16.5 Å². The van der Waals surface area contributed by atoms with Gasteiger partial charge in [-0.25, -0.2) is 0 Å². The molecule has 0 fully saturated rings. The van der Waals surface area contributed by atoms with Crippen LogP contribution in [0.5, 0.6) is 0 Å². The van der Waals surface area contributed by atoms with E-state index in [1.54, 1.807) is 0 Å². The highest BCUT2D eigenvalue weighted by molar-refractivity contribution is 6.10. The SMILES string of the molecule is C=C/C(C)=C(\C=C/C)c1cc(-c2cccc(-c3cc(C)cc(-c4cccc(-c5ccc6c(c5)c5ccccc5n6-c5ccccc5)c4)c3)c2)ccc1C. The Bertz CT molecular complexity index is 2720. The molecule has 0 saturated carbocycles. The average Bonchev–Trinajstić information content (AvgIpc) is 3.54. The first-order valence-corrected chi connectivity index (χ1v) is 18.4. The summed E-state index contributed by atoms with van der Waals surface area (Å²) >= 11 is 0. The van der Waals surface area contributed by atoms with Crippen LogP contribution in [-0.4, -0.2) is 4.57 Å². The van der Waals surface area contributed by atoms with Gasteiger partial charge in [0.2, 0.25) is 0 Å². The van der Waals surface area contributed by atoms with Crippen LogP contribution in [0, 0.1) is 13.8 Å². The van der Waals surface area contributed by atoms with Gasteiger partial charge in [0.05, 0.1) is 11.0 Å². The molecule has 1 aromatic heterocycles. The summed E-state index contributed by atoms with van der Waals surface area (Å²) in [6.07, 6.45) is 6.23. The molecule has 0 saturated heterocycles. The molecule has 1 nitrogen and oxygen atoms in total. The lowest BCUT2D eigenvalue weighted by atomic mass is 9.90. The van der Waals surface area contributed by atoms with Gasteiger partial charge in [-0.2, -0.15) is 0 Å². The van der Waals surface area contributed by atoms with Crippen molar-refractivity contribution in [1.82, 2.24) is 4.57 Å². The van der Waals surface area contributed by atoms with Crippen molar-refractivity contribution in [3.63, 3.8) is 0 Å². The molecule has 0 N–H and O–H groups in total. The van der Waals surface area contributed by atoms with Gasteiger partial charge in [0.1, 0.15) is 0 Å². The van der Waals surface area contributed by atoms with Crippen molar-refractivity contribution >= 4 is 27.4 Å². The summed E-state index contributed by atoms with van der Waals surface area (Å²) in [6.45, 7) is 12.6. The minimum absolute atomic E-state index is 1.17. The van der Waals surface area contributed by atoms with Crippen molar-refractivity contribution < 1.29 is 0 Å². The summed E-state index contributed by atoms with van der Waals surface area (Å²) < 4.78 is 2.37. The molecule has 0 amide bonds. The molecule has 1 heterocycles. The van der Waals surface area contributed by atoms with Crippen molar-refractivity contribution in [2.24, 2.45) is 0 Å². The van der Waals surface area contributed by atoms with Gasteiger partial charge in [-0.15, -0.1) is 0 Å². The van der Waals surface area contributed by atoms with Crippen LogP contribution in [0.3, 0.4) is 0 Å². The summed E-state index contributed by atoms with van der Waals surface area (Å²) in [7, 11) is 0. The summed E-state index contributed by atoms with van der Waals surface area (Å²) in [5.41, 5.74) is 19.4. The second kappa shape index (κ2) is 14.3. The molecular formula is C52H43N. The van der Waals surface area contributed by atoms with Crippen LogP contribution >= 0.6 is 0 Å². The maximum absolute atomic E-state index is 4.04. The lowest BCUT2D eigenvalue weighted by Crippen LogP contribution is -1.92. The third kappa shape index (κ3) is 6.47. The molecule has 8 aromatic rings. The lowest BCUT2D eigenvalue weighted by Gasteiger charge is -2.14. The third-order valence-electron chi connectivity index (χ3n) is 10.4. The maximum Gasteiger partial charge on any atom is 0.0541 e. The first-order valence-electron chi connectivity index (χ1n) is 18.4. The highest BCUT2D eigenvalue weighted by atomic mass is 15.0. The van der Waals surface area contributed by atoms with Gasteiger partial charge in [0.15, 0.2) is 0 Å². The zero-order chi connectivity index (χ0) is 36.5. The minimum atomic E-state index is 1.17. The highest BCUT2D eigenvalue weighted by Gasteiger charge is 2.14. The van der Waals surface area contributed by atoms with E-state index in [-0.39, 0.29) is 0 Å². The average molecular weight is 682 g/mol. The fraction of sp³-hybridized carbons (Fsp3) is 0.0769. The zero-order valence-corrected chi connectivity index (χ0v) is 30.9. The molecule has 0 unspecified atom stereocenters. The van der Waals surface area contributed by atoms with Crippen molar-refractivity contribution in [3.05, 3.63) is 205 Å². The van der Waals surface area contributed by atoms with Crippen molar-refractivity contribution in [1.29, 1.82) is 0 Å². The number of benzene rings is 7. The van der Waals surface area contributed by atoms with Crippen molar-refractivity contribution in [2.45, 2.75) is 27.7 Å². The molecule has 0 bridgehead atoms. The molecule has 256 valence electrons. The predicted octanol–water partition coefficient (Wildman–Crippen LogP) is 14.6. The number of allylic oxidation sites excluding steroid dienone is 5. The van der Waals surface area contributed by atoms with E-state index in [1.807, 2.05) is 6.08 Å². The summed E-state index contributed by atoms with van der Waals surface area (Å²) in [5, 5.41) is 2.52. The first-order chi connectivity index (χ1) is 25.9. The van der Waals surface area contributed by atoms with Gasteiger partial charge >= 0.3 is 0 Å². The predicted molar refractivity (Wildman–Crippen MR) is 230 cm³/mol. The summed E-state index contributed by atoms with van der Waals surface area (Å²) in [6, 6.07) is 57.9. The number of rotatable bonds is 8. The largest absolute Gasteiger partial charge is 0.309 e. The van der Waals surface area contributed by atoms with Crippen LogP contribution in [0.1, 0.15) is 30.5 Å². The Morgan fingerprint density at radius 2 is 1.06 bits per heavy atom. The van der Waals surface area contributed by atoms with Gasteiger partial charge in [-0.05, 0) is 155 Å². The van der Waals surface area contributed by atoms with E-state index in [1.165, 1.54) is 99.8 Å². The monoisotopic (exact) mass is 681 g/mol. The molecule has 53 heavy (non-hydrogen) atoms. The van der Waals surface area contributed by atoms with Crippen molar-refractivity contribution in [2.75, 3.05) is 0 Å². The molecule has 0 spiro atoms. The van der Waals surface area contributed by atoms with Gasteiger partial charge in [0.25, 0.3) is 0 Å². The number of aromatic nitrogens is 1. The standard InChI is InChI=1S/C52H43N/c1-6-15-47(36(4)7-2)49-33-42(25-24-37(49)5)38-16-13-18-40(30-38)44-28-35(3)29-45(32-44)41-19-14-17-39(31-41)43-26-27-52-50(34-43)48-22-11-12-23-51(48)53(52)46-20-9-8-10-21-46/h6-34H,2H2,1,3-5H3/b15-6-,47-36+. The smallest absolute Gasteiger partial charge is 0.0541 e. The molecule has 0 aliphatic heterocycles. The number of hydrogen-bond acceptors (Lipinski definition) is 0. The van der Waals surface area contributed by atoms with Crippen molar-refractivity contribution in [3.8, 4) is 50.2 Å². The van der Waals surface area contributed by atoms with E-state index in [0.29, 0.717) is 0 Å². The van der Waals surface area contributed by atoms with Gasteiger partial charge in [-0.1, -0.05) is 128 Å². The second-order valence-corrected chi connectivity index (χ2v) is 14.0. The van der Waals surface area contributed by atoms with Gasteiger partial charge < -0.3 is 4.57 Å². The van der Waals surface area contributed by atoms with E-state index in [9.17, 15) is 0 Å². The van der Waals surface area contributed by atoms with Gasteiger partial charge in [-0.3, -0.25) is 0 Å². The van der Waals surface area contributed by atoms with E-state index >= 15 is 0 Å². The Kier molecular flexibility index (Phi) is 9.08. The zero-order valence-electron chi connectivity index (χ0n) is 30.9. The Morgan fingerprint density at radius 1 is 0.509 bits per heavy atom. The quantitative estimate of drug-likeness (QED) is 0.141. The number of aryl methyl sites for hydroxylation is 2. The normalized spacial score (nSPS) is 12.1. The van der Waals surface area contributed by atoms with Crippen LogP contribution in [-0.2, 0) is 0 Å². The van der Waals surface area contributed by atoms with Crippen LogP contribution in [0.2, 0.25) is 0 Å². The molecule has 0 aliphatic rings. The number of nitrogens with zero attached hydrogens (tertiary/aromatic N) is 1. The molecule has 7 aromatic carbocycles. The van der Waals surface area contributed by atoms with E-state index in [2.05, 4.69) is 209 Å². The second-order valence-electron chi connectivity index (χ2n) is 14.0. The first kappa shape index (κ1) is 33.7. The third-order valence-corrected chi connectivity index (χ3v) is 10.4. The highest BCUT2D eigenvalue weighted by Crippen LogP contribution is 2.37. The molecule has 1 heteroatoms. The Balaban J connectivity index is 1.16. The minimum Gasteiger partial charge on any atom is -0.309 e. The fourth-order valence-corrected chi connectivity index (χ4v) is 7.68. The van der Waals surface area contributed by atoms with Crippen LogP contribution < -0.4 is 0 Å². The topological polar surface area (TPSA) is 4.93 Å². The molecule has 0 radical (unpaired) electrons. The molecule has 0 atom stereocenters. The summed E-state index contributed by atoms with van der Waals surface area (Å²) in [5.74, 6) is 0. The van der Waals surface area contributed by atoms with E-state index < -0.39 is 0 Å². The molecule has 0 aliphatic carbocycles.